The third-order valence-electron chi connectivity index (χ3n) is 7.73. The van der Waals surface area contributed by atoms with Gasteiger partial charge in [-0.2, -0.15) is 0 Å². The Bertz CT molecular complexity index is 1240. The molecule has 3 aromatic rings. The molecule has 0 spiro atoms. The molecular weight excluding hydrogens is 486 g/mol. The van der Waals surface area contributed by atoms with Crippen molar-refractivity contribution in [3.63, 3.8) is 0 Å². The van der Waals surface area contributed by atoms with Gasteiger partial charge in [0.2, 0.25) is 5.91 Å². The van der Waals surface area contributed by atoms with Crippen molar-refractivity contribution < 1.29 is 9.59 Å². The minimum absolute atomic E-state index is 0.0854. The summed E-state index contributed by atoms with van der Waals surface area (Å²) in [5.74, 6) is 0.731. The van der Waals surface area contributed by atoms with E-state index in [0.717, 1.165) is 67.9 Å². The lowest BCUT2D eigenvalue weighted by molar-refractivity contribution is 0.0740. The number of benzene rings is 1. The number of hydrogen-bond acceptors (Lipinski definition) is 4. The van der Waals surface area contributed by atoms with Crippen molar-refractivity contribution in [1.82, 2.24) is 19.2 Å². The second-order valence-corrected chi connectivity index (χ2v) is 11.8. The summed E-state index contributed by atoms with van der Waals surface area (Å²) in [6, 6.07) is 11.2. The number of fused-ring (bicyclic) bond motifs is 1. The number of carbonyl (C=O) groups excluding carboxylic acids is 2. The number of aryl methyl sites for hydroxylation is 1. The fourth-order valence-corrected chi connectivity index (χ4v) is 5.28. The van der Waals surface area contributed by atoms with Crippen LogP contribution in [0.2, 0.25) is 0 Å². The molecule has 0 aliphatic carbocycles. The van der Waals surface area contributed by atoms with Crippen molar-refractivity contribution in [2.24, 2.45) is 17.6 Å². The largest absolute Gasteiger partial charge is 0.366 e. The number of carbonyl (C=O) groups is 2. The molecule has 4 rings (SSSR count). The van der Waals surface area contributed by atoms with Gasteiger partial charge in [0, 0.05) is 30.4 Å². The number of rotatable bonds is 13. The van der Waals surface area contributed by atoms with Gasteiger partial charge in [0.25, 0.3) is 5.91 Å². The number of primary amides is 1. The Morgan fingerprint density at radius 1 is 0.923 bits per heavy atom. The molecule has 1 saturated heterocycles. The van der Waals surface area contributed by atoms with E-state index in [1.54, 1.807) is 12.1 Å². The average Bonchev–Trinajstić information content (AvgIpc) is 3.56. The zero-order chi connectivity index (χ0) is 27.9. The maximum atomic E-state index is 13.7. The molecule has 2 amide bonds. The van der Waals surface area contributed by atoms with Crippen molar-refractivity contribution in [2.45, 2.75) is 66.2 Å². The zero-order valence-corrected chi connectivity index (χ0v) is 24.2. The number of imidazole rings is 1. The topological polar surface area (TPSA) is 83.9 Å². The molecule has 0 saturated carbocycles. The zero-order valence-electron chi connectivity index (χ0n) is 24.2. The summed E-state index contributed by atoms with van der Waals surface area (Å²) in [6.45, 7) is 13.8. The molecule has 0 bridgehead atoms. The van der Waals surface area contributed by atoms with E-state index in [4.69, 9.17) is 10.7 Å². The van der Waals surface area contributed by atoms with Crippen LogP contribution >= 0.6 is 0 Å². The normalized spacial score (nSPS) is 14.1. The maximum absolute atomic E-state index is 13.7. The van der Waals surface area contributed by atoms with Crippen molar-refractivity contribution >= 4 is 17.5 Å². The molecule has 210 valence electrons. The second-order valence-electron chi connectivity index (χ2n) is 11.8. The second kappa shape index (κ2) is 13.2. The minimum Gasteiger partial charge on any atom is -0.366 e. The van der Waals surface area contributed by atoms with Gasteiger partial charge in [-0.05, 0) is 94.3 Å². The Balaban J connectivity index is 1.67. The number of nitrogens with two attached hydrogens (primary N) is 1. The highest BCUT2D eigenvalue weighted by molar-refractivity contribution is 5.94. The van der Waals surface area contributed by atoms with Gasteiger partial charge >= 0.3 is 0 Å². The number of aromatic nitrogens is 2. The van der Waals surface area contributed by atoms with Crippen LogP contribution in [0.25, 0.3) is 16.9 Å². The molecule has 1 aliphatic rings. The van der Waals surface area contributed by atoms with Crippen LogP contribution in [0, 0.1) is 11.8 Å². The van der Waals surface area contributed by atoms with Crippen molar-refractivity contribution in [1.29, 1.82) is 0 Å². The molecule has 39 heavy (non-hydrogen) atoms. The Labute approximate surface area is 233 Å². The van der Waals surface area contributed by atoms with Crippen LogP contribution < -0.4 is 5.73 Å². The molecule has 1 fully saturated rings. The molecule has 2 N–H and O–H groups in total. The monoisotopic (exact) mass is 531 g/mol. The highest BCUT2D eigenvalue weighted by atomic mass is 16.2. The third kappa shape index (κ3) is 7.47. The molecule has 2 aromatic heterocycles. The predicted octanol–water partition coefficient (Wildman–Crippen LogP) is 5.66. The van der Waals surface area contributed by atoms with Crippen LogP contribution in [0.5, 0.6) is 0 Å². The lowest BCUT2D eigenvalue weighted by Gasteiger charge is -2.24. The SMILES string of the molecule is CC(C)CCN(CCC(C)C)C(=O)c1ccc2nc(-c3ccc(C(N)=O)cc3)c(CCCN3CCCC3)n2c1. The molecule has 7 heteroatoms. The first-order chi connectivity index (χ1) is 18.7. The number of amides is 2. The van der Waals surface area contributed by atoms with E-state index in [1.165, 1.54) is 25.9 Å². The molecule has 0 unspecified atom stereocenters. The molecule has 1 aromatic carbocycles. The van der Waals surface area contributed by atoms with Crippen molar-refractivity contribution in [3.8, 4) is 11.3 Å². The molecule has 1 aliphatic heterocycles. The standard InChI is InChI=1S/C32H45N5O2/c1-23(2)15-20-36(21-16-24(3)4)32(39)27-13-14-29-34-30(25-9-11-26(12-10-25)31(33)38)28(37(29)22-27)8-7-19-35-17-5-6-18-35/h9-14,22-24H,5-8,15-21H2,1-4H3,(H2,33,38). The van der Waals surface area contributed by atoms with Gasteiger partial charge in [-0.15, -0.1) is 0 Å². The van der Waals surface area contributed by atoms with E-state index in [2.05, 4.69) is 37.0 Å². The highest BCUT2D eigenvalue weighted by Gasteiger charge is 2.21. The number of nitrogens with zero attached hydrogens (tertiary/aromatic N) is 4. The number of pyridine rings is 1. The summed E-state index contributed by atoms with van der Waals surface area (Å²) in [4.78, 5) is 34.9. The fraction of sp³-hybridized carbons (Fsp3) is 0.531. The Morgan fingerprint density at radius 2 is 1.54 bits per heavy atom. The summed E-state index contributed by atoms with van der Waals surface area (Å²) in [5, 5.41) is 0. The van der Waals surface area contributed by atoms with Crippen LogP contribution in [-0.4, -0.2) is 63.7 Å². The summed E-state index contributed by atoms with van der Waals surface area (Å²) in [7, 11) is 0. The molecule has 0 radical (unpaired) electrons. The predicted molar refractivity (Wildman–Crippen MR) is 158 cm³/mol. The molecule has 7 nitrogen and oxygen atoms in total. The Kier molecular flexibility index (Phi) is 9.78. The fourth-order valence-electron chi connectivity index (χ4n) is 5.28. The molecule has 3 heterocycles. The van der Waals surface area contributed by atoms with Gasteiger partial charge in [-0.3, -0.25) is 9.59 Å². The van der Waals surface area contributed by atoms with Gasteiger partial charge in [-0.1, -0.05) is 39.8 Å². The van der Waals surface area contributed by atoms with E-state index in [-0.39, 0.29) is 5.91 Å². The van der Waals surface area contributed by atoms with Crippen LogP contribution in [0.4, 0.5) is 0 Å². The van der Waals surface area contributed by atoms with E-state index < -0.39 is 5.91 Å². The van der Waals surface area contributed by atoms with Crippen molar-refractivity contribution in [3.05, 3.63) is 59.4 Å². The Morgan fingerprint density at radius 3 is 2.13 bits per heavy atom. The van der Waals surface area contributed by atoms with Crippen LogP contribution in [-0.2, 0) is 6.42 Å². The summed E-state index contributed by atoms with van der Waals surface area (Å²) in [5.41, 5.74) is 10.4. The van der Waals surface area contributed by atoms with E-state index in [0.29, 0.717) is 23.0 Å². The van der Waals surface area contributed by atoms with E-state index in [1.807, 2.05) is 35.4 Å². The lowest BCUT2D eigenvalue weighted by atomic mass is 10.0. The van der Waals surface area contributed by atoms with E-state index in [9.17, 15) is 9.59 Å². The van der Waals surface area contributed by atoms with Gasteiger partial charge in [0.05, 0.1) is 17.0 Å². The number of hydrogen-bond donors (Lipinski definition) is 1. The summed E-state index contributed by atoms with van der Waals surface area (Å²) in [6.07, 6.45) is 8.40. The van der Waals surface area contributed by atoms with Crippen molar-refractivity contribution in [2.75, 3.05) is 32.7 Å². The smallest absolute Gasteiger partial charge is 0.255 e. The van der Waals surface area contributed by atoms with Gasteiger partial charge in [0.15, 0.2) is 0 Å². The van der Waals surface area contributed by atoms with Crippen LogP contribution in [0.3, 0.4) is 0 Å². The maximum Gasteiger partial charge on any atom is 0.255 e. The van der Waals surface area contributed by atoms with Crippen LogP contribution in [0.1, 0.15) is 86.2 Å². The van der Waals surface area contributed by atoms with Gasteiger partial charge < -0.3 is 19.9 Å². The van der Waals surface area contributed by atoms with Crippen LogP contribution in [0.15, 0.2) is 42.6 Å². The first-order valence-electron chi connectivity index (χ1n) is 14.7. The Hall–Kier alpha value is -3.19. The third-order valence-corrected chi connectivity index (χ3v) is 7.73. The van der Waals surface area contributed by atoms with Gasteiger partial charge in [0.1, 0.15) is 5.65 Å². The molecular formula is C32H45N5O2. The average molecular weight is 532 g/mol. The van der Waals surface area contributed by atoms with E-state index >= 15 is 0 Å². The quantitative estimate of drug-likeness (QED) is 0.308. The summed E-state index contributed by atoms with van der Waals surface area (Å²) >= 11 is 0. The minimum atomic E-state index is -0.440. The number of likely N-dealkylation sites (tertiary alicyclic amines) is 1. The summed E-state index contributed by atoms with van der Waals surface area (Å²) < 4.78 is 2.11. The first kappa shape index (κ1) is 28.8. The highest BCUT2D eigenvalue weighted by Crippen LogP contribution is 2.27. The molecule has 0 atom stereocenters. The van der Waals surface area contributed by atoms with Gasteiger partial charge in [-0.25, -0.2) is 4.98 Å². The lowest BCUT2D eigenvalue weighted by Crippen LogP contribution is -2.34. The first-order valence-corrected chi connectivity index (χ1v) is 14.7.